The molecule has 1 aliphatic carbocycles. The molecule has 132 valence electrons. The molecule has 1 aromatic rings. The van der Waals surface area contributed by atoms with Crippen LogP contribution in [0.3, 0.4) is 0 Å². The highest BCUT2D eigenvalue weighted by Crippen LogP contribution is 2.30. The molecular weight excluding hydrogens is 304 g/mol. The van der Waals surface area contributed by atoms with E-state index < -0.39 is 11.0 Å². The van der Waals surface area contributed by atoms with Gasteiger partial charge in [0.1, 0.15) is 0 Å². The maximum Gasteiger partial charge on any atom is 0.253 e. The molecule has 5 heteroatoms. The SMILES string of the molecule is CN(CC1(O)CCCC1)C(=O)c1cccc(NC(=O)C(C)(C)C)c1. The first-order valence-electron chi connectivity index (χ1n) is 8.50. The van der Waals surface area contributed by atoms with Crippen LogP contribution in [-0.4, -0.2) is 41.0 Å². The molecule has 5 nitrogen and oxygen atoms in total. The van der Waals surface area contributed by atoms with E-state index in [1.165, 1.54) is 0 Å². The van der Waals surface area contributed by atoms with Crippen LogP contribution < -0.4 is 5.32 Å². The lowest BCUT2D eigenvalue weighted by molar-refractivity contribution is -0.123. The van der Waals surface area contributed by atoms with Crippen molar-refractivity contribution >= 4 is 17.5 Å². The number of carbonyl (C=O) groups is 2. The Morgan fingerprint density at radius 2 is 1.88 bits per heavy atom. The van der Waals surface area contributed by atoms with Crippen LogP contribution in [0.15, 0.2) is 24.3 Å². The summed E-state index contributed by atoms with van der Waals surface area (Å²) >= 11 is 0. The maximum atomic E-state index is 12.6. The molecule has 0 bridgehead atoms. The number of carbonyl (C=O) groups excluding carboxylic acids is 2. The Balaban J connectivity index is 2.07. The van der Waals surface area contributed by atoms with Crippen molar-refractivity contribution < 1.29 is 14.7 Å². The molecule has 0 atom stereocenters. The number of rotatable bonds is 4. The third-order valence-electron chi connectivity index (χ3n) is 4.46. The van der Waals surface area contributed by atoms with E-state index in [4.69, 9.17) is 0 Å². The van der Waals surface area contributed by atoms with Gasteiger partial charge in [0.25, 0.3) is 5.91 Å². The Morgan fingerprint density at radius 1 is 1.25 bits per heavy atom. The topological polar surface area (TPSA) is 69.6 Å². The van der Waals surface area contributed by atoms with Gasteiger partial charge in [-0.05, 0) is 31.0 Å². The third kappa shape index (κ3) is 4.57. The van der Waals surface area contributed by atoms with Gasteiger partial charge in [-0.15, -0.1) is 0 Å². The van der Waals surface area contributed by atoms with E-state index in [-0.39, 0.29) is 11.8 Å². The minimum absolute atomic E-state index is 0.0966. The fourth-order valence-electron chi connectivity index (χ4n) is 2.97. The summed E-state index contributed by atoms with van der Waals surface area (Å²) in [7, 11) is 1.71. The van der Waals surface area contributed by atoms with E-state index in [1.54, 1.807) is 36.2 Å². The summed E-state index contributed by atoms with van der Waals surface area (Å²) in [4.78, 5) is 26.3. The van der Waals surface area contributed by atoms with Gasteiger partial charge >= 0.3 is 0 Å². The molecule has 24 heavy (non-hydrogen) atoms. The van der Waals surface area contributed by atoms with Gasteiger partial charge in [0.15, 0.2) is 0 Å². The van der Waals surface area contributed by atoms with Crippen LogP contribution in [0.25, 0.3) is 0 Å². The van der Waals surface area contributed by atoms with Crippen molar-refractivity contribution in [3.05, 3.63) is 29.8 Å². The molecule has 0 aromatic heterocycles. The second-order valence-corrected chi connectivity index (χ2v) is 7.88. The molecule has 0 saturated heterocycles. The highest BCUT2D eigenvalue weighted by Gasteiger charge is 2.33. The average molecular weight is 332 g/mol. The number of amides is 2. The van der Waals surface area contributed by atoms with E-state index in [0.717, 1.165) is 25.7 Å². The number of hydrogen-bond donors (Lipinski definition) is 2. The zero-order valence-electron chi connectivity index (χ0n) is 15.1. The number of aliphatic hydroxyl groups is 1. The average Bonchev–Trinajstić information content (AvgIpc) is 2.92. The monoisotopic (exact) mass is 332 g/mol. The molecule has 0 heterocycles. The van der Waals surface area contributed by atoms with Crippen molar-refractivity contribution in [1.29, 1.82) is 0 Å². The Bertz CT molecular complexity index is 613. The zero-order valence-corrected chi connectivity index (χ0v) is 15.1. The van der Waals surface area contributed by atoms with Crippen molar-refractivity contribution in [2.24, 2.45) is 5.41 Å². The van der Waals surface area contributed by atoms with Gasteiger partial charge in [-0.25, -0.2) is 0 Å². The Morgan fingerprint density at radius 3 is 2.46 bits per heavy atom. The first-order valence-corrected chi connectivity index (χ1v) is 8.50. The Hall–Kier alpha value is -1.88. The summed E-state index contributed by atoms with van der Waals surface area (Å²) in [5.41, 5.74) is -0.148. The van der Waals surface area contributed by atoms with Crippen molar-refractivity contribution in [1.82, 2.24) is 4.90 Å². The minimum atomic E-state index is -0.761. The number of hydrogen-bond acceptors (Lipinski definition) is 3. The number of anilines is 1. The van der Waals surface area contributed by atoms with Crippen molar-refractivity contribution in [2.75, 3.05) is 18.9 Å². The molecule has 1 aromatic carbocycles. The molecule has 0 radical (unpaired) electrons. The second kappa shape index (κ2) is 6.93. The molecule has 1 saturated carbocycles. The van der Waals surface area contributed by atoms with Crippen LogP contribution in [0.2, 0.25) is 0 Å². The summed E-state index contributed by atoms with van der Waals surface area (Å²) in [6.07, 6.45) is 3.50. The Labute approximate surface area is 144 Å². The van der Waals surface area contributed by atoms with Gasteiger partial charge in [-0.3, -0.25) is 9.59 Å². The molecule has 1 fully saturated rings. The number of nitrogens with zero attached hydrogens (tertiary/aromatic N) is 1. The quantitative estimate of drug-likeness (QED) is 0.890. The van der Waals surface area contributed by atoms with Gasteiger partial charge in [-0.2, -0.15) is 0 Å². The molecule has 1 aliphatic rings. The van der Waals surface area contributed by atoms with Crippen molar-refractivity contribution in [3.8, 4) is 0 Å². The van der Waals surface area contributed by atoms with E-state index in [1.807, 2.05) is 20.8 Å². The van der Waals surface area contributed by atoms with Crippen LogP contribution in [0.5, 0.6) is 0 Å². The highest BCUT2D eigenvalue weighted by atomic mass is 16.3. The summed E-state index contributed by atoms with van der Waals surface area (Å²) in [6.45, 7) is 5.86. The largest absolute Gasteiger partial charge is 0.388 e. The summed E-state index contributed by atoms with van der Waals surface area (Å²) in [5, 5.41) is 13.3. The van der Waals surface area contributed by atoms with Gasteiger partial charge in [-0.1, -0.05) is 39.7 Å². The van der Waals surface area contributed by atoms with Crippen molar-refractivity contribution in [2.45, 2.75) is 52.1 Å². The predicted octanol–water partition coefficient (Wildman–Crippen LogP) is 3.05. The summed E-state index contributed by atoms with van der Waals surface area (Å²) in [5.74, 6) is -0.247. The van der Waals surface area contributed by atoms with E-state index >= 15 is 0 Å². The van der Waals surface area contributed by atoms with Crippen LogP contribution in [0.4, 0.5) is 5.69 Å². The molecule has 0 aliphatic heterocycles. The molecule has 2 N–H and O–H groups in total. The molecule has 0 unspecified atom stereocenters. The minimum Gasteiger partial charge on any atom is -0.388 e. The van der Waals surface area contributed by atoms with E-state index in [9.17, 15) is 14.7 Å². The van der Waals surface area contributed by atoms with Gasteiger partial charge < -0.3 is 15.3 Å². The lowest BCUT2D eigenvalue weighted by Crippen LogP contribution is -2.42. The second-order valence-electron chi connectivity index (χ2n) is 7.88. The first kappa shape index (κ1) is 18.5. The van der Waals surface area contributed by atoms with Crippen molar-refractivity contribution in [3.63, 3.8) is 0 Å². The molecule has 0 spiro atoms. The van der Waals surface area contributed by atoms with Gasteiger partial charge in [0, 0.05) is 30.3 Å². The maximum absolute atomic E-state index is 12.6. The van der Waals surface area contributed by atoms with E-state index in [0.29, 0.717) is 17.8 Å². The van der Waals surface area contributed by atoms with Gasteiger partial charge in [0.2, 0.25) is 5.91 Å². The zero-order chi connectivity index (χ0) is 18.0. The molecule has 2 amide bonds. The highest BCUT2D eigenvalue weighted by molar-refractivity contribution is 5.98. The number of benzene rings is 1. The van der Waals surface area contributed by atoms with E-state index in [2.05, 4.69) is 5.32 Å². The first-order chi connectivity index (χ1) is 11.1. The Kier molecular flexibility index (Phi) is 5.33. The standard InChI is InChI=1S/C19H28N2O3/c1-18(2,3)17(23)20-15-9-7-8-14(12-15)16(22)21(4)13-19(24)10-5-6-11-19/h7-9,12,24H,5-6,10-11,13H2,1-4H3,(H,20,23). The number of nitrogens with one attached hydrogen (secondary N) is 1. The molecular formula is C19H28N2O3. The smallest absolute Gasteiger partial charge is 0.253 e. The van der Waals surface area contributed by atoms with Crippen LogP contribution >= 0.6 is 0 Å². The summed E-state index contributed by atoms with van der Waals surface area (Å²) < 4.78 is 0. The van der Waals surface area contributed by atoms with Crippen LogP contribution in [0.1, 0.15) is 56.8 Å². The summed E-state index contributed by atoms with van der Waals surface area (Å²) in [6, 6.07) is 6.93. The predicted molar refractivity (Wildman–Crippen MR) is 94.9 cm³/mol. The van der Waals surface area contributed by atoms with Gasteiger partial charge in [0.05, 0.1) is 5.60 Å². The van der Waals surface area contributed by atoms with Crippen LogP contribution in [-0.2, 0) is 4.79 Å². The lowest BCUT2D eigenvalue weighted by Gasteiger charge is -2.28. The third-order valence-corrected chi connectivity index (χ3v) is 4.46. The fourth-order valence-corrected chi connectivity index (χ4v) is 2.97. The molecule has 2 rings (SSSR count). The number of likely N-dealkylation sites (N-methyl/N-ethyl adjacent to an activating group) is 1. The van der Waals surface area contributed by atoms with Crippen LogP contribution in [0, 0.1) is 5.41 Å². The fraction of sp³-hybridized carbons (Fsp3) is 0.579. The normalized spacial score (nSPS) is 16.7. The lowest BCUT2D eigenvalue weighted by atomic mass is 9.95.